The van der Waals surface area contributed by atoms with E-state index in [9.17, 15) is 26.3 Å². The first kappa shape index (κ1) is 28.7. The number of hydrogen-bond acceptors (Lipinski definition) is 1. The number of benzene rings is 3. The summed E-state index contributed by atoms with van der Waals surface area (Å²) in [5.41, 5.74) is -3.72. The molecule has 0 atom stereocenters. The van der Waals surface area contributed by atoms with Crippen LogP contribution in [-0.2, 0) is 0 Å². The minimum atomic E-state index is -2.61. The quantitative estimate of drug-likeness (QED) is 0.106. The second-order valence-corrected chi connectivity index (χ2v) is 10.4. The topological polar surface area (TPSA) is 0 Å². The zero-order valence-corrected chi connectivity index (χ0v) is 20.5. The number of halogens is 10. The molecule has 0 aliphatic carbocycles. The van der Waals surface area contributed by atoms with Crippen LogP contribution in [0.3, 0.4) is 0 Å². The monoisotopic (exact) mass is 550 g/mol. The second-order valence-electron chi connectivity index (χ2n) is 9.23. The molecule has 0 amide bonds. The molecule has 3 aromatic rings. The standard InChI is InChI=1S/C25H17BF10S/c1-10-5-7-11(8-6-10)37-12(9-25(2,3)4)26(13-15(27)19(31)23(35)20(32)16(13)28)14-17(29)21(33)24(36)22(34)18(14)30/h5-9H,1-4H3/b12-9-. The Morgan fingerprint density at radius 1 is 0.595 bits per heavy atom. The van der Waals surface area contributed by atoms with Crippen molar-refractivity contribution in [1.82, 2.24) is 0 Å². The lowest BCUT2D eigenvalue weighted by molar-refractivity contribution is 0.382. The van der Waals surface area contributed by atoms with Gasteiger partial charge < -0.3 is 0 Å². The van der Waals surface area contributed by atoms with Crippen LogP contribution in [0.5, 0.6) is 0 Å². The Labute approximate surface area is 210 Å². The molecule has 12 heteroatoms. The van der Waals surface area contributed by atoms with Gasteiger partial charge in [0, 0.05) is 15.8 Å². The van der Waals surface area contributed by atoms with Crippen LogP contribution in [0.4, 0.5) is 43.9 Å². The van der Waals surface area contributed by atoms with E-state index >= 15 is 17.6 Å². The molecule has 0 N–H and O–H groups in total. The summed E-state index contributed by atoms with van der Waals surface area (Å²) in [4.78, 5) is -0.151. The number of allylic oxidation sites excluding steroid dienone is 1. The summed E-state index contributed by atoms with van der Waals surface area (Å²) in [6, 6.07) is 6.18. The molecule has 0 radical (unpaired) electrons. The molecule has 0 unspecified atom stereocenters. The van der Waals surface area contributed by atoms with Crippen molar-refractivity contribution >= 4 is 29.4 Å². The van der Waals surface area contributed by atoms with E-state index in [-0.39, 0.29) is 0 Å². The van der Waals surface area contributed by atoms with Gasteiger partial charge in [0.1, 0.15) is 0 Å². The molecule has 3 aromatic carbocycles. The Morgan fingerprint density at radius 2 is 0.919 bits per heavy atom. The van der Waals surface area contributed by atoms with Gasteiger partial charge in [-0.25, -0.2) is 43.9 Å². The minimum Gasteiger partial charge on any atom is -0.204 e. The van der Waals surface area contributed by atoms with Crippen LogP contribution in [0, 0.1) is 70.5 Å². The molecule has 0 fully saturated rings. The van der Waals surface area contributed by atoms with Crippen molar-refractivity contribution in [2.24, 2.45) is 5.41 Å². The normalized spacial score (nSPS) is 12.3. The molecular formula is C25H17BF10S. The zero-order valence-electron chi connectivity index (χ0n) is 19.7. The maximum absolute atomic E-state index is 15.0. The molecule has 0 bridgehead atoms. The van der Waals surface area contributed by atoms with E-state index in [1.807, 2.05) is 0 Å². The smallest absolute Gasteiger partial charge is 0.204 e. The number of aryl methyl sites for hydroxylation is 1. The van der Waals surface area contributed by atoms with E-state index in [4.69, 9.17) is 0 Å². The zero-order chi connectivity index (χ0) is 28.0. The van der Waals surface area contributed by atoms with E-state index in [1.54, 1.807) is 19.1 Å². The SMILES string of the molecule is Cc1ccc(S/C(=C\C(C)(C)C)B(c2c(F)c(F)c(F)c(F)c2F)c2c(F)c(F)c(F)c(F)c2F)cc1. The van der Waals surface area contributed by atoms with Crippen molar-refractivity contribution in [2.45, 2.75) is 32.6 Å². The largest absolute Gasteiger partial charge is 0.264 e. The lowest BCUT2D eigenvalue weighted by Gasteiger charge is -2.24. The van der Waals surface area contributed by atoms with Gasteiger partial charge in [0.15, 0.2) is 58.2 Å². The summed E-state index contributed by atoms with van der Waals surface area (Å²) in [7, 11) is 0. The average Bonchev–Trinajstić information content (AvgIpc) is 2.83. The number of rotatable bonds is 5. The summed E-state index contributed by atoms with van der Waals surface area (Å²) in [5.74, 6) is -24.8. The van der Waals surface area contributed by atoms with Crippen LogP contribution >= 0.6 is 11.8 Å². The van der Waals surface area contributed by atoms with Gasteiger partial charge in [0.25, 0.3) is 6.71 Å². The van der Waals surface area contributed by atoms with E-state index < -0.39 is 86.0 Å². The van der Waals surface area contributed by atoms with Gasteiger partial charge in [-0.2, -0.15) is 0 Å². The van der Waals surface area contributed by atoms with E-state index in [1.165, 1.54) is 39.0 Å². The third-order valence-corrected chi connectivity index (χ3v) is 6.28. The Morgan fingerprint density at radius 3 is 1.24 bits per heavy atom. The third kappa shape index (κ3) is 5.53. The summed E-state index contributed by atoms with van der Waals surface area (Å²) in [5, 5.41) is 0. The van der Waals surface area contributed by atoms with Gasteiger partial charge in [-0.3, -0.25) is 0 Å². The first-order valence-corrected chi connectivity index (χ1v) is 11.4. The molecular weight excluding hydrogens is 533 g/mol. The van der Waals surface area contributed by atoms with E-state index in [2.05, 4.69) is 0 Å². The fourth-order valence-corrected chi connectivity index (χ4v) is 4.83. The first-order chi connectivity index (χ1) is 17.1. The van der Waals surface area contributed by atoms with E-state index in [0.717, 1.165) is 5.56 Å². The first-order valence-electron chi connectivity index (χ1n) is 10.6. The molecule has 0 nitrogen and oxygen atoms in total. The van der Waals surface area contributed by atoms with Crippen molar-refractivity contribution in [1.29, 1.82) is 0 Å². The van der Waals surface area contributed by atoms with Crippen molar-refractivity contribution in [3.8, 4) is 0 Å². The maximum atomic E-state index is 15.0. The van der Waals surface area contributed by atoms with Gasteiger partial charge in [-0.15, -0.1) is 11.8 Å². The summed E-state index contributed by atoms with van der Waals surface area (Å²) < 4.78 is 144. The van der Waals surface area contributed by atoms with Crippen molar-refractivity contribution < 1.29 is 43.9 Å². The van der Waals surface area contributed by atoms with Crippen molar-refractivity contribution in [3.63, 3.8) is 0 Å². The lowest BCUT2D eigenvalue weighted by atomic mass is 9.39. The van der Waals surface area contributed by atoms with Crippen LogP contribution in [-0.4, -0.2) is 6.71 Å². The van der Waals surface area contributed by atoms with Crippen LogP contribution < -0.4 is 10.9 Å². The van der Waals surface area contributed by atoms with Crippen LogP contribution in [0.1, 0.15) is 26.3 Å². The Balaban J connectivity index is 2.51. The van der Waals surface area contributed by atoms with Gasteiger partial charge in [0.2, 0.25) is 0 Å². The minimum absolute atomic E-state index is 0.291. The highest BCUT2D eigenvalue weighted by Crippen LogP contribution is 2.34. The maximum Gasteiger partial charge on any atom is 0.264 e. The van der Waals surface area contributed by atoms with Crippen molar-refractivity contribution in [2.75, 3.05) is 0 Å². The van der Waals surface area contributed by atoms with Crippen LogP contribution in [0.2, 0.25) is 0 Å². The molecule has 0 saturated heterocycles. The summed E-state index contributed by atoms with van der Waals surface area (Å²) in [6.07, 6.45) is 1.19. The molecule has 37 heavy (non-hydrogen) atoms. The average molecular weight is 550 g/mol. The molecule has 3 rings (SSSR count). The lowest BCUT2D eigenvalue weighted by Crippen LogP contribution is -2.52. The van der Waals surface area contributed by atoms with Crippen LogP contribution in [0.25, 0.3) is 0 Å². The molecule has 0 saturated carbocycles. The second kappa shape index (κ2) is 10.5. The fourth-order valence-electron chi connectivity index (χ4n) is 3.52. The molecule has 0 aliphatic heterocycles. The Kier molecular flexibility index (Phi) is 8.12. The Bertz CT molecular complexity index is 1270. The number of thioether (sulfide) groups is 1. The third-order valence-electron chi connectivity index (χ3n) is 5.18. The molecule has 0 spiro atoms. The molecule has 196 valence electrons. The molecule has 0 aromatic heterocycles. The molecule has 0 aliphatic rings. The number of hydrogen-bond donors (Lipinski definition) is 0. The van der Waals surface area contributed by atoms with Gasteiger partial charge >= 0.3 is 0 Å². The highest BCUT2D eigenvalue weighted by Gasteiger charge is 2.42. The van der Waals surface area contributed by atoms with E-state index in [0.29, 0.717) is 16.7 Å². The van der Waals surface area contributed by atoms with Gasteiger partial charge in [0.05, 0.1) is 0 Å². The summed E-state index contributed by atoms with van der Waals surface area (Å²) in [6.45, 7) is 3.73. The fraction of sp³-hybridized carbons (Fsp3) is 0.200. The molecule has 0 heterocycles. The predicted octanol–water partition coefficient (Wildman–Crippen LogP) is 7.26. The Hall–Kier alpha value is -2.89. The van der Waals surface area contributed by atoms with Crippen molar-refractivity contribution in [3.05, 3.63) is 98.9 Å². The van der Waals surface area contributed by atoms with Crippen LogP contribution in [0.15, 0.2) is 40.0 Å². The van der Waals surface area contributed by atoms with Gasteiger partial charge in [-0.05, 0) is 29.3 Å². The highest BCUT2D eigenvalue weighted by atomic mass is 32.2. The summed E-state index contributed by atoms with van der Waals surface area (Å²) >= 11 is 0.606. The van der Waals surface area contributed by atoms with Gasteiger partial charge in [-0.1, -0.05) is 44.5 Å². The predicted molar refractivity (Wildman–Crippen MR) is 122 cm³/mol. The highest BCUT2D eigenvalue weighted by molar-refractivity contribution is 8.05.